The molecule has 2 aromatic rings. The highest BCUT2D eigenvalue weighted by molar-refractivity contribution is 5.97. The lowest BCUT2D eigenvalue weighted by molar-refractivity contribution is -0.117. The van der Waals surface area contributed by atoms with Crippen molar-refractivity contribution in [1.29, 1.82) is 5.26 Å². The molecule has 0 spiro atoms. The van der Waals surface area contributed by atoms with Crippen molar-refractivity contribution >= 4 is 16.8 Å². The van der Waals surface area contributed by atoms with Gasteiger partial charge in [-0.2, -0.15) is 5.26 Å². The third-order valence-electron chi connectivity index (χ3n) is 3.42. The maximum atomic E-state index is 11.7. The van der Waals surface area contributed by atoms with Crippen molar-refractivity contribution in [2.75, 3.05) is 26.8 Å². The number of carbonyl (C=O) groups excluding carboxylic acids is 1. The van der Waals surface area contributed by atoms with Gasteiger partial charge < -0.3 is 20.4 Å². The maximum Gasteiger partial charge on any atom is 0.263 e. The Morgan fingerprint density at radius 2 is 2.22 bits per heavy atom. The van der Waals surface area contributed by atoms with Gasteiger partial charge in [-0.3, -0.25) is 4.79 Å². The number of methoxy groups -OCH3 is 1. The van der Waals surface area contributed by atoms with E-state index in [1.54, 1.807) is 7.11 Å². The van der Waals surface area contributed by atoms with Gasteiger partial charge in [0.1, 0.15) is 11.6 Å². The lowest BCUT2D eigenvalue weighted by Crippen LogP contribution is -2.28. The largest absolute Gasteiger partial charge is 0.389 e. The van der Waals surface area contributed by atoms with Gasteiger partial charge in [0, 0.05) is 43.5 Å². The number of nitrogens with one attached hydrogen (secondary N) is 3. The molecule has 0 unspecified atom stereocenters. The Morgan fingerprint density at radius 1 is 1.39 bits per heavy atom. The second-order valence-corrected chi connectivity index (χ2v) is 4.98. The van der Waals surface area contributed by atoms with Crippen LogP contribution in [0.1, 0.15) is 5.56 Å². The van der Waals surface area contributed by atoms with Crippen molar-refractivity contribution in [2.24, 2.45) is 0 Å². The Labute approximate surface area is 135 Å². The molecule has 0 saturated carbocycles. The summed E-state index contributed by atoms with van der Waals surface area (Å²) in [6, 6.07) is 9.99. The van der Waals surface area contributed by atoms with E-state index < -0.39 is 5.91 Å². The minimum absolute atomic E-state index is 0.0556. The molecule has 0 radical (unpaired) electrons. The molecule has 0 aliphatic heterocycles. The minimum Gasteiger partial charge on any atom is -0.389 e. The summed E-state index contributed by atoms with van der Waals surface area (Å²) in [7, 11) is 1.56. The molecule has 23 heavy (non-hydrogen) atoms. The monoisotopic (exact) mass is 312 g/mol. The first-order chi connectivity index (χ1) is 11.3. The van der Waals surface area contributed by atoms with E-state index >= 15 is 0 Å². The van der Waals surface area contributed by atoms with E-state index in [1.165, 1.54) is 17.1 Å². The molecule has 3 N–H and O–H groups in total. The normalized spacial score (nSPS) is 11.2. The van der Waals surface area contributed by atoms with Crippen LogP contribution in [0.4, 0.5) is 0 Å². The number of nitrogens with zero attached hydrogens (tertiary/aromatic N) is 1. The van der Waals surface area contributed by atoms with Gasteiger partial charge in [-0.15, -0.1) is 0 Å². The Kier molecular flexibility index (Phi) is 6.21. The van der Waals surface area contributed by atoms with Crippen LogP contribution in [0.5, 0.6) is 0 Å². The number of aromatic nitrogens is 1. The van der Waals surface area contributed by atoms with Crippen LogP contribution in [0.25, 0.3) is 10.9 Å². The molecule has 1 aromatic carbocycles. The Balaban J connectivity index is 1.85. The molecule has 120 valence electrons. The SMILES string of the molecule is COCCNC(=O)/C(C#N)=C\NCCc1c[nH]c2ccccc12. The molecule has 0 saturated heterocycles. The predicted octanol–water partition coefficient (Wildman–Crippen LogP) is 1.47. The van der Waals surface area contributed by atoms with Crippen molar-refractivity contribution in [3.05, 3.63) is 47.8 Å². The van der Waals surface area contributed by atoms with Crippen LogP contribution in [0, 0.1) is 11.3 Å². The zero-order chi connectivity index (χ0) is 16.5. The third kappa shape index (κ3) is 4.59. The van der Waals surface area contributed by atoms with Gasteiger partial charge in [-0.25, -0.2) is 0 Å². The topological polar surface area (TPSA) is 89.9 Å². The zero-order valence-corrected chi connectivity index (χ0v) is 13.1. The molecule has 0 aliphatic carbocycles. The molecule has 1 amide bonds. The van der Waals surface area contributed by atoms with Gasteiger partial charge in [-0.05, 0) is 18.1 Å². The van der Waals surface area contributed by atoms with Crippen molar-refractivity contribution in [2.45, 2.75) is 6.42 Å². The van der Waals surface area contributed by atoms with Crippen LogP contribution in [-0.4, -0.2) is 37.7 Å². The quantitative estimate of drug-likeness (QED) is 0.391. The number of rotatable bonds is 8. The molecule has 1 heterocycles. The van der Waals surface area contributed by atoms with Crippen molar-refractivity contribution in [3.8, 4) is 6.07 Å². The average molecular weight is 312 g/mol. The molecule has 1 aromatic heterocycles. The number of para-hydroxylation sites is 1. The van der Waals surface area contributed by atoms with Gasteiger partial charge in [0.25, 0.3) is 5.91 Å². The average Bonchev–Trinajstić information content (AvgIpc) is 2.98. The highest BCUT2D eigenvalue weighted by Gasteiger charge is 2.07. The smallest absolute Gasteiger partial charge is 0.263 e. The number of aromatic amines is 1. The van der Waals surface area contributed by atoms with E-state index in [0.29, 0.717) is 19.7 Å². The van der Waals surface area contributed by atoms with E-state index in [1.807, 2.05) is 30.5 Å². The lowest BCUT2D eigenvalue weighted by Gasteiger charge is -2.04. The first-order valence-corrected chi connectivity index (χ1v) is 7.42. The molecule has 0 fully saturated rings. The van der Waals surface area contributed by atoms with Crippen LogP contribution in [0.15, 0.2) is 42.2 Å². The number of amides is 1. The van der Waals surface area contributed by atoms with Crippen molar-refractivity contribution in [1.82, 2.24) is 15.6 Å². The summed E-state index contributed by atoms with van der Waals surface area (Å²) >= 11 is 0. The fraction of sp³-hybridized carbons (Fsp3) is 0.294. The second-order valence-electron chi connectivity index (χ2n) is 4.98. The van der Waals surface area contributed by atoms with Crippen LogP contribution in [-0.2, 0) is 16.0 Å². The number of H-pyrrole nitrogens is 1. The number of hydrogen-bond donors (Lipinski definition) is 3. The van der Waals surface area contributed by atoms with Gasteiger partial charge in [0.2, 0.25) is 0 Å². The number of carbonyl (C=O) groups is 1. The minimum atomic E-state index is -0.399. The first-order valence-electron chi connectivity index (χ1n) is 7.42. The molecule has 2 rings (SSSR count). The number of hydrogen-bond acceptors (Lipinski definition) is 4. The van der Waals surface area contributed by atoms with Crippen LogP contribution in [0.3, 0.4) is 0 Å². The summed E-state index contributed by atoms with van der Waals surface area (Å²) in [5, 5.41) is 15.8. The van der Waals surface area contributed by atoms with E-state index in [9.17, 15) is 4.79 Å². The van der Waals surface area contributed by atoms with Crippen LogP contribution < -0.4 is 10.6 Å². The van der Waals surface area contributed by atoms with Gasteiger partial charge >= 0.3 is 0 Å². The molecule has 0 bridgehead atoms. The third-order valence-corrected chi connectivity index (χ3v) is 3.42. The van der Waals surface area contributed by atoms with Gasteiger partial charge in [0.15, 0.2) is 0 Å². The standard InChI is InChI=1S/C17H20N4O2/c1-23-9-8-20-17(22)14(10-18)11-19-7-6-13-12-21-16-5-3-2-4-15(13)16/h2-5,11-12,19,21H,6-9H2,1H3,(H,20,22)/b14-11-. The number of ether oxygens (including phenoxy) is 1. The molecule has 6 heteroatoms. The summed E-state index contributed by atoms with van der Waals surface area (Å²) < 4.78 is 4.84. The summed E-state index contributed by atoms with van der Waals surface area (Å²) in [4.78, 5) is 15.0. The number of benzene rings is 1. The maximum absolute atomic E-state index is 11.7. The summed E-state index contributed by atoms with van der Waals surface area (Å²) in [5.74, 6) is -0.399. The van der Waals surface area contributed by atoms with Gasteiger partial charge in [-0.1, -0.05) is 18.2 Å². The second kappa shape index (κ2) is 8.61. The van der Waals surface area contributed by atoms with Crippen molar-refractivity contribution < 1.29 is 9.53 Å². The lowest BCUT2D eigenvalue weighted by atomic mass is 10.1. The fourth-order valence-electron chi connectivity index (χ4n) is 2.23. The molecule has 6 nitrogen and oxygen atoms in total. The summed E-state index contributed by atoms with van der Waals surface area (Å²) in [6.07, 6.45) is 4.24. The van der Waals surface area contributed by atoms with Crippen LogP contribution >= 0.6 is 0 Å². The zero-order valence-electron chi connectivity index (χ0n) is 13.1. The van der Waals surface area contributed by atoms with Gasteiger partial charge in [0.05, 0.1) is 6.61 Å². The Hall–Kier alpha value is -2.78. The molecule has 0 aliphatic rings. The fourth-order valence-corrected chi connectivity index (χ4v) is 2.23. The molecular formula is C17H20N4O2. The summed E-state index contributed by atoms with van der Waals surface area (Å²) in [5.41, 5.74) is 2.36. The van der Waals surface area contributed by atoms with E-state index in [-0.39, 0.29) is 5.57 Å². The Bertz CT molecular complexity index is 728. The van der Waals surface area contributed by atoms with E-state index in [4.69, 9.17) is 10.00 Å². The molecule has 0 atom stereocenters. The molecular weight excluding hydrogens is 292 g/mol. The highest BCUT2D eigenvalue weighted by atomic mass is 16.5. The first kappa shape index (κ1) is 16.6. The van der Waals surface area contributed by atoms with Crippen molar-refractivity contribution in [3.63, 3.8) is 0 Å². The Morgan fingerprint density at radius 3 is 3.00 bits per heavy atom. The number of fused-ring (bicyclic) bond motifs is 1. The van der Waals surface area contributed by atoms with E-state index in [2.05, 4.69) is 21.7 Å². The van der Waals surface area contributed by atoms with Crippen LogP contribution in [0.2, 0.25) is 0 Å². The summed E-state index contributed by atoms with van der Waals surface area (Å²) in [6.45, 7) is 1.43. The number of nitriles is 1. The predicted molar refractivity (Wildman–Crippen MR) is 88.6 cm³/mol. The van der Waals surface area contributed by atoms with E-state index in [0.717, 1.165) is 11.9 Å². The highest BCUT2D eigenvalue weighted by Crippen LogP contribution is 2.17.